The van der Waals surface area contributed by atoms with Gasteiger partial charge in [0.1, 0.15) is 11.6 Å². The number of nitrogens with zero attached hydrogens (tertiary/aromatic N) is 2. The molecular formula is C17H13FN2O4. The second-order valence-electron chi connectivity index (χ2n) is 4.78. The fourth-order valence-electron chi connectivity index (χ4n) is 1.87. The van der Waals surface area contributed by atoms with Crippen molar-refractivity contribution < 1.29 is 23.2 Å². The van der Waals surface area contributed by atoms with Crippen LogP contribution in [0.25, 0.3) is 11.4 Å². The van der Waals surface area contributed by atoms with Crippen LogP contribution in [0.3, 0.4) is 0 Å². The largest absolute Gasteiger partial charge is 0.482 e. The highest BCUT2D eigenvalue weighted by molar-refractivity contribution is 5.71. The van der Waals surface area contributed by atoms with Crippen LogP contribution in [0, 0.1) is 5.82 Å². The van der Waals surface area contributed by atoms with Gasteiger partial charge in [-0.1, -0.05) is 35.5 Å². The fourth-order valence-corrected chi connectivity index (χ4v) is 1.87. The van der Waals surface area contributed by atoms with E-state index in [0.717, 1.165) is 5.56 Å². The molecule has 0 N–H and O–H groups in total. The minimum Gasteiger partial charge on any atom is -0.482 e. The molecule has 2 aromatic carbocycles. The number of rotatable bonds is 6. The molecule has 0 unspecified atom stereocenters. The second-order valence-corrected chi connectivity index (χ2v) is 4.78. The Morgan fingerprint density at radius 2 is 1.83 bits per heavy atom. The molecule has 3 aromatic rings. The molecular weight excluding hydrogens is 315 g/mol. The van der Waals surface area contributed by atoms with Gasteiger partial charge < -0.3 is 14.0 Å². The maximum absolute atomic E-state index is 12.7. The summed E-state index contributed by atoms with van der Waals surface area (Å²) in [5.74, 6) is 0.0000252. The van der Waals surface area contributed by atoms with E-state index in [9.17, 15) is 9.18 Å². The number of esters is 1. The first-order valence-corrected chi connectivity index (χ1v) is 7.13. The van der Waals surface area contributed by atoms with E-state index in [-0.39, 0.29) is 24.9 Å². The van der Waals surface area contributed by atoms with Crippen molar-refractivity contribution in [1.82, 2.24) is 10.1 Å². The van der Waals surface area contributed by atoms with Crippen LogP contribution in [-0.4, -0.2) is 22.7 Å². The first kappa shape index (κ1) is 15.7. The maximum atomic E-state index is 12.7. The highest BCUT2D eigenvalue weighted by atomic mass is 19.1. The molecule has 0 radical (unpaired) electrons. The SMILES string of the molecule is O=C(COc1ccc(F)cc1)OCc1nc(-c2ccccc2)no1. The Kier molecular flexibility index (Phi) is 4.81. The van der Waals surface area contributed by atoms with Gasteiger partial charge in [-0.15, -0.1) is 0 Å². The molecule has 0 spiro atoms. The molecule has 0 aliphatic heterocycles. The molecule has 0 fully saturated rings. The standard InChI is InChI=1S/C17H13FN2O4/c18-13-6-8-14(9-7-13)22-11-16(21)23-10-15-19-17(20-24-15)12-4-2-1-3-5-12/h1-9H,10-11H2. The molecule has 1 aromatic heterocycles. The van der Waals surface area contributed by atoms with Crippen molar-refractivity contribution in [2.24, 2.45) is 0 Å². The van der Waals surface area contributed by atoms with Crippen LogP contribution < -0.4 is 4.74 Å². The molecule has 3 rings (SSSR count). The van der Waals surface area contributed by atoms with E-state index in [0.29, 0.717) is 11.6 Å². The molecule has 7 heteroatoms. The van der Waals surface area contributed by atoms with Gasteiger partial charge in [0.05, 0.1) is 0 Å². The Labute approximate surface area is 136 Å². The molecule has 122 valence electrons. The maximum Gasteiger partial charge on any atom is 0.344 e. The number of halogens is 1. The number of hydrogen-bond donors (Lipinski definition) is 0. The van der Waals surface area contributed by atoms with Crippen molar-refractivity contribution in [3.8, 4) is 17.1 Å². The number of ether oxygens (including phenoxy) is 2. The van der Waals surface area contributed by atoms with Crippen molar-refractivity contribution in [2.45, 2.75) is 6.61 Å². The minimum atomic E-state index is -0.598. The highest BCUT2D eigenvalue weighted by Gasteiger charge is 2.11. The van der Waals surface area contributed by atoms with Crippen LogP contribution in [0.5, 0.6) is 5.75 Å². The van der Waals surface area contributed by atoms with Gasteiger partial charge in [0.25, 0.3) is 5.89 Å². The van der Waals surface area contributed by atoms with Crippen molar-refractivity contribution in [3.05, 3.63) is 66.3 Å². The van der Waals surface area contributed by atoms with Crippen molar-refractivity contribution in [3.63, 3.8) is 0 Å². The number of hydrogen-bond acceptors (Lipinski definition) is 6. The molecule has 0 aliphatic rings. The summed E-state index contributed by atoms with van der Waals surface area (Å²) in [4.78, 5) is 15.8. The summed E-state index contributed by atoms with van der Waals surface area (Å²) < 4.78 is 27.9. The number of aromatic nitrogens is 2. The molecule has 0 saturated heterocycles. The van der Waals surface area contributed by atoms with Crippen molar-refractivity contribution in [2.75, 3.05) is 6.61 Å². The first-order valence-electron chi connectivity index (χ1n) is 7.13. The average Bonchev–Trinajstić information content (AvgIpc) is 3.09. The Morgan fingerprint density at radius 3 is 2.58 bits per heavy atom. The summed E-state index contributed by atoms with van der Waals surface area (Å²) in [7, 11) is 0. The van der Waals surface area contributed by atoms with Crippen LogP contribution in [0.4, 0.5) is 4.39 Å². The summed E-state index contributed by atoms with van der Waals surface area (Å²) in [6.45, 7) is -0.448. The predicted octanol–water partition coefficient (Wildman–Crippen LogP) is 3.00. The Hall–Kier alpha value is -3.22. The third-order valence-electron chi connectivity index (χ3n) is 3.03. The first-order chi connectivity index (χ1) is 11.7. The van der Waals surface area contributed by atoms with E-state index >= 15 is 0 Å². The van der Waals surface area contributed by atoms with Crippen LogP contribution in [0.1, 0.15) is 5.89 Å². The van der Waals surface area contributed by atoms with Gasteiger partial charge in [0.2, 0.25) is 5.82 Å². The molecule has 24 heavy (non-hydrogen) atoms. The lowest BCUT2D eigenvalue weighted by Crippen LogP contribution is -2.14. The monoisotopic (exact) mass is 328 g/mol. The third kappa shape index (κ3) is 4.16. The predicted molar refractivity (Wildman–Crippen MR) is 81.4 cm³/mol. The van der Waals surface area contributed by atoms with Crippen LogP contribution >= 0.6 is 0 Å². The normalized spacial score (nSPS) is 10.4. The van der Waals surface area contributed by atoms with E-state index in [2.05, 4.69) is 10.1 Å². The summed E-state index contributed by atoms with van der Waals surface area (Å²) in [6, 6.07) is 14.6. The molecule has 0 atom stereocenters. The van der Waals surface area contributed by atoms with Gasteiger partial charge >= 0.3 is 5.97 Å². The molecule has 1 heterocycles. The zero-order valence-electron chi connectivity index (χ0n) is 12.5. The summed E-state index contributed by atoms with van der Waals surface area (Å²) in [6.07, 6.45) is 0. The van der Waals surface area contributed by atoms with Crippen molar-refractivity contribution >= 4 is 5.97 Å². The Bertz CT molecular complexity index is 803. The van der Waals surface area contributed by atoms with E-state index in [4.69, 9.17) is 14.0 Å². The van der Waals surface area contributed by atoms with Crippen LogP contribution in [0.15, 0.2) is 59.1 Å². The Morgan fingerprint density at radius 1 is 1.08 bits per heavy atom. The van der Waals surface area contributed by atoms with Crippen LogP contribution in [0.2, 0.25) is 0 Å². The van der Waals surface area contributed by atoms with Gasteiger partial charge in [-0.3, -0.25) is 0 Å². The summed E-state index contributed by atoms with van der Waals surface area (Å²) in [5, 5.41) is 3.82. The third-order valence-corrected chi connectivity index (χ3v) is 3.03. The van der Waals surface area contributed by atoms with Gasteiger partial charge in [0, 0.05) is 5.56 Å². The second kappa shape index (κ2) is 7.36. The zero-order chi connectivity index (χ0) is 16.8. The minimum absolute atomic E-state index is 0.147. The molecule has 0 saturated carbocycles. The number of carbonyl (C=O) groups is 1. The lowest BCUT2D eigenvalue weighted by Gasteiger charge is -2.05. The average molecular weight is 328 g/mol. The van der Waals surface area contributed by atoms with Crippen LogP contribution in [-0.2, 0) is 16.1 Å². The Balaban J connectivity index is 1.48. The van der Waals surface area contributed by atoms with E-state index in [1.54, 1.807) is 0 Å². The van der Waals surface area contributed by atoms with Crippen molar-refractivity contribution in [1.29, 1.82) is 0 Å². The van der Waals surface area contributed by atoms with Gasteiger partial charge in [-0.2, -0.15) is 4.98 Å². The molecule has 0 aliphatic carbocycles. The number of benzene rings is 2. The fraction of sp³-hybridized carbons (Fsp3) is 0.118. The van der Waals surface area contributed by atoms with E-state index < -0.39 is 5.97 Å². The number of carbonyl (C=O) groups excluding carboxylic acids is 1. The highest BCUT2D eigenvalue weighted by Crippen LogP contribution is 2.15. The zero-order valence-corrected chi connectivity index (χ0v) is 12.5. The van der Waals surface area contributed by atoms with E-state index in [1.807, 2.05) is 30.3 Å². The van der Waals surface area contributed by atoms with Gasteiger partial charge in [0.15, 0.2) is 13.2 Å². The molecule has 6 nitrogen and oxygen atoms in total. The molecule has 0 bridgehead atoms. The summed E-state index contributed by atoms with van der Waals surface area (Å²) in [5.41, 5.74) is 0.804. The quantitative estimate of drug-likeness (QED) is 0.648. The topological polar surface area (TPSA) is 74.5 Å². The smallest absolute Gasteiger partial charge is 0.344 e. The summed E-state index contributed by atoms with van der Waals surface area (Å²) >= 11 is 0. The molecule has 0 amide bonds. The lowest BCUT2D eigenvalue weighted by atomic mass is 10.2. The lowest BCUT2D eigenvalue weighted by molar-refractivity contribution is -0.148. The van der Waals surface area contributed by atoms with Gasteiger partial charge in [-0.25, -0.2) is 9.18 Å². The van der Waals surface area contributed by atoms with Gasteiger partial charge in [-0.05, 0) is 24.3 Å². The van der Waals surface area contributed by atoms with E-state index in [1.165, 1.54) is 24.3 Å².